The van der Waals surface area contributed by atoms with E-state index in [9.17, 15) is 17.6 Å². The standard InChI is InChI=1S/C19H25FN2O4S/c1-11(2)17(18-12(3)15-9-13(20)6-7-16(15)26-18)22-19(23)21-14-5-4-8-27(24,25)10-14/h6-7,9,11,14,17H,4-5,8,10H2,1-3H3,(H2,21,22,23)/t14?,17-/m1/s1. The Morgan fingerprint density at radius 2 is 2.07 bits per heavy atom. The maximum absolute atomic E-state index is 13.5. The summed E-state index contributed by atoms with van der Waals surface area (Å²) >= 11 is 0. The number of halogens is 1. The second kappa shape index (κ2) is 7.50. The van der Waals surface area contributed by atoms with Crippen LogP contribution < -0.4 is 10.6 Å². The molecule has 1 aliphatic heterocycles. The SMILES string of the molecule is Cc1c([C@H](NC(=O)NC2CCCS(=O)(=O)C2)C(C)C)oc2ccc(F)cc12. The zero-order chi connectivity index (χ0) is 19.8. The molecular weight excluding hydrogens is 371 g/mol. The van der Waals surface area contributed by atoms with Gasteiger partial charge in [0, 0.05) is 17.0 Å². The van der Waals surface area contributed by atoms with E-state index in [1.165, 1.54) is 12.1 Å². The Morgan fingerprint density at radius 3 is 2.74 bits per heavy atom. The number of urea groups is 1. The quantitative estimate of drug-likeness (QED) is 0.828. The third-order valence-corrected chi connectivity index (χ3v) is 6.79. The van der Waals surface area contributed by atoms with E-state index >= 15 is 0 Å². The summed E-state index contributed by atoms with van der Waals surface area (Å²) in [5.74, 6) is 0.404. The van der Waals surface area contributed by atoms with Gasteiger partial charge in [-0.15, -0.1) is 0 Å². The van der Waals surface area contributed by atoms with E-state index in [1.54, 1.807) is 6.07 Å². The number of carbonyl (C=O) groups is 1. The number of sulfone groups is 1. The zero-order valence-corrected chi connectivity index (χ0v) is 16.5. The molecule has 0 saturated carbocycles. The molecule has 0 aliphatic carbocycles. The molecule has 1 aliphatic rings. The molecule has 1 fully saturated rings. The zero-order valence-electron chi connectivity index (χ0n) is 15.7. The molecule has 8 heteroatoms. The Balaban J connectivity index is 1.78. The molecule has 27 heavy (non-hydrogen) atoms. The van der Waals surface area contributed by atoms with Crippen LogP contribution >= 0.6 is 0 Å². The second-order valence-corrected chi connectivity index (χ2v) is 9.75. The smallest absolute Gasteiger partial charge is 0.315 e. The van der Waals surface area contributed by atoms with Crippen molar-refractivity contribution in [2.24, 2.45) is 5.92 Å². The van der Waals surface area contributed by atoms with Crippen LogP contribution in [-0.2, 0) is 9.84 Å². The lowest BCUT2D eigenvalue weighted by Crippen LogP contribution is -2.48. The van der Waals surface area contributed by atoms with Crippen LogP contribution in [0.5, 0.6) is 0 Å². The number of furan rings is 1. The van der Waals surface area contributed by atoms with E-state index in [-0.39, 0.29) is 29.3 Å². The summed E-state index contributed by atoms with van der Waals surface area (Å²) in [6.07, 6.45) is 1.19. The van der Waals surface area contributed by atoms with Crippen molar-refractivity contribution in [2.75, 3.05) is 11.5 Å². The number of benzene rings is 1. The number of amides is 2. The van der Waals surface area contributed by atoms with Gasteiger partial charge in [0.15, 0.2) is 9.84 Å². The van der Waals surface area contributed by atoms with Gasteiger partial charge in [0.2, 0.25) is 0 Å². The highest BCUT2D eigenvalue weighted by molar-refractivity contribution is 7.91. The topological polar surface area (TPSA) is 88.4 Å². The first kappa shape index (κ1) is 19.7. The van der Waals surface area contributed by atoms with Gasteiger partial charge in [-0.1, -0.05) is 13.8 Å². The molecule has 1 aromatic carbocycles. The molecule has 2 heterocycles. The highest BCUT2D eigenvalue weighted by atomic mass is 32.2. The Kier molecular flexibility index (Phi) is 5.46. The van der Waals surface area contributed by atoms with Crippen LogP contribution in [0.3, 0.4) is 0 Å². The summed E-state index contributed by atoms with van der Waals surface area (Å²) in [7, 11) is -3.10. The average molecular weight is 396 g/mol. The number of rotatable bonds is 4. The molecule has 3 rings (SSSR count). The van der Waals surface area contributed by atoms with Crippen molar-refractivity contribution in [3.63, 3.8) is 0 Å². The molecule has 1 aromatic heterocycles. The normalized spacial score (nSPS) is 20.6. The van der Waals surface area contributed by atoms with E-state index in [0.717, 1.165) is 5.56 Å². The molecule has 6 nitrogen and oxygen atoms in total. The first-order valence-electron chi connectivity index (χ1n) is 9.12. The number of aryl methyl sites for hydroxylation is 1. The van der Waals surface area contributed by atoms with Crippen LogP contribution in [0.25, 0.3) is 11.0 Å². The predicted octanol–water partition coefficient (Wildman–Crippen LogP) is 3.45. The monoisotopic (exact) mass is 396 g/mol. The molecule has 0 spiro atoms. The predicted molar refractivity (Wildman–Crippen MR) is 102 cm³/mol. The summed E-state index contributed by atoms with van der Waals surface area (Å²) in [5.41, 5.74) is 1.35. The van der Waals surface area contributed by atoms with Gasteiger partial charge in [0.1, 0.15) is 17.2 Å². The van der Waals surface area contributed by atoms with E-state index < -0.39 is 21.9 Å². The molecule has 2 amide bonds. The van der Waals surface area contributed by atoms with Crippen molar-refractivity contribution < 1.29 is 22.0 Å². The van der Waals surface area contributed by atoms with Gasteiger partial charge in [-0.3, -0.25) is 0 Å². The van der Waals surface area contributed by atoms with E-state index in [0.29, 0.717) is 29.6 Å². The maximum Gasteiger partial charge on any atom is 0.315 e. The van der Waals surface area contributed by atoms with E-state index in [2.05, 4.69) is 10.6 Å². The van der Waals surface area contributed by atoms with Crippen LogP contribution in [0, 0.1) is 18.7 Å². The van der Waals surface area contributed by atoms with E-state index in [4.69, 9.17) is 4.42 Å². The Labute approximate surface area is 158 Å². The van der Waals surface area contributed by atoms with Gasteiger partial charge >= 0.3 is 6.03 Å². The molecule has 1 saturated heterocycles. The van der Waals surface area contributed by atoms with Crippen LogP contribution in [0.15, 0.2) is 22.6 Å². The second-order valence-electron chi connectivity index (χ2n) is 7.52. The lowest BCUT2D eigenvalue weighted by molar-refractivity contribution is 0.226. The minimum atomic E-state index is -3.10. The Bertz CT molecular complexity index is 952. The summed E-state index contributed by atoms with van der Waals surface area (Å²) < 4.78 is 42.9. The fraction of sp³-hybridized carbons (Fsp3) is 0.526. The highest BCUT2D eigenvalue weighted by Crippen LogP contribution is 2.33. The van der Waals surface area contributed by atoms with Crippen molar-refractivity contribution in [3.05, 3.63) is 35.3 Å². The summed E-state index contributed by atoms with van der Waals surface area (Å²) in [6.45, 7) is 5.73. The van der Waals surface area contributed by atoms with Crippen LogP contribution in [0.2, 0.25) is 0 Å². The minimum absolute atomic E-state index is 0.0231. The molecule has 0 radical (unpaired) electrons. The van der Waals surface area contributed by atoms with Crippen molar-refractivity contribution in [1.29, 1.82) is 0 Å². The largest absolute Gasteiger partial charge is 0.459 e. The summed E-state index contributed by atoms with van der Waals surface area (Å²) in [6, 6.07) is 3.10. The molecule has 0 bridgehead atoms. The van der Waals surface area contributed by atoms with Crippen molar-refractivity contribution in [2.45, 2.75) is 45.7 Å². The number of hydrogen-bond donors (Lipinski definition) is 2. The molecule has 148 valence electrons. The van der Waals surface area contributed by atoms with Gasteiger partial charge < -0.3 is 15.1 Å². The fourth-order valence-electron chi connectivity index (χ4n) is 3.55. The van der Waals surface area contributed by atoms with Gasteiger partial charge in [0.05, 0.1) is 17.5 Å². The molecular formula is C19H25FN2O4S. The van der Waals surface area contributed by atoms with Gasteiger partial charge in [0.25, 0.3) is 0 Å². The molecule has 2 N–H and O–H groups in total. The first-order chi connectivity index (χ1) is 12.7. The number of nitrogens with one attached hydrogen (secondary N) is 2. The van der Waals surface area contributed by atoms with Gasteiger partial charge in [-0.2, -0.15) is 0 Å². The van der Waals surface area contributed by atoms with Gasteiger partial charge in [-0.25, -0.2) is 17.6 Å². The molecule has 1 unspecified atom stereocenters. The average Bonchev–Trinajstić information content (AvgIpc) is 2.88. The summed E-state index contributed by atoms with van der Waals surface area (Å²) in [5, 5.41) is 6.33. The van der Waals surface area contributed by atoms with Gasteiger partial charge in [-0.05, 0) is 43.9 Å². The third-order valence-electron chi connectivity index (χ3n) is 4.97. The van der Waals surface area contributed by atoms with Crippen LogP contribution in [0.4, 0.5) is 9.18 Å². The highest BCUT2D eigenvalue weighted by Gasteiger charge is 2.29. The Hall–Kier alpha value is -2.09. The lowest BCUT2D eigenvalue weighted by atomic mass is 9.98. The third kappa shape index (κ3) is 4.43. The van der Waals surface area contributed by atoms with Crippen LogP contribution in [0.1, 0.15) is 44.1 Å². The number of carbonyl (C=O) groups excluding carboxylic acids is 1. The van der Waals surface area contributed by atoms with E-state index in [1.807, 2.05) is 20.8 Å². The molecule has 2 atom stereocenters. The van der Waals surface area contributed by atoms with Crippen molar-refractivity contribution in [1.82, 2.24) is 10.6 Å². The minimum Gasteiger partial charge on any atom is -0.459 e. The number of fused-ring (bicyclic) bond motifs is 1. The lowest BCUT2D eigenvalue weighted by Gasteiger charge is -2.26. The maximum atomic E-state index is 13.5. The van der Waals surface area contributed by atoms with Crippen molar-refractivity contribution >= 4 is 26.8 Å². The Morgan fingerprint density at radius 1 is 1.33 bits per heavy atom. The van der Waals surface area contributed by atoms with Crippen LogP contribution in [-0.4, -0.2) is 32.0 Å². The number of hydrogen-bond acceptors (Lipinski definition) is 4. The first-order valence-corrected chi connectivity index (χ1v) is 10.9. The van der Waals surface area contributed by atoms with Crippen molar-refractivity contribution in [3.8, 4) is 0 Å². The summed E-state index contributed by atoms with van der Waals surface area (Å²) in [4.78, 5) is 12.5. The fourth-order valence-corrected chi connectivity index (χ4v) is 5.18. The molecule has 2 aromatic rings.